The van der Waals surface area contributed by atoms with Crippen molar-refractivity contribution in [2.45, 2.75) is 44.6 Å². The predicted octanol–water partition coefficient (Wildman–Crippen LogP) is 2.45. The van der Waals surface area contributed by atoms with Gasteiger partial charge in [0.2, 0.25) is 0 Å². The molecule has 1 aliphatic carbocycles. The van der Waals surface area contributed by atoms with Crippen molar-refractivity contribution in [1.29, 1.82) is 5.26 Å². The highest BCUT2D eigenvalue weighted by molar-refractivity contribution is 5.03. The van der Waals surface area contributed by atoms with Gasteiger partial charge < -0.3 is 4.57 Å². The fraction of sp³-hybridized carbons (Fsp3) is 0.636. The molecule has 0 spiro atoms. The largest absolute Gasteiger partial charge is 0.321 e. The molecule has 74 valence electrons. The summed E-state index contributed by atoms with van der Waals surface area (Å²) >= 11 is 0. The Morgan fingerprint density at radius 3 is 2.93 bits per heavy atom. The standard InChI is InChI=1S/C11H15N3/c12-6-8-14-9-7-13-11(14)10-4-2-1-3-5-10/h7,9-10H,1-5,8H2. The van der Waals surface area contributed by atoms with Crippen LogP contribution in [0.4, 0.5) is 0 Å². The second-order valence-electron chi connectivity index (χ2n) is 3.91. The molecule has 3 heteroatoms. The van der Waals surface area contributed by atoms with Gasteiger partial charge >= 0.3 is 0 Å². The van der Waals surface area contributed by atoms with E-state index < -0.39 is 0 Å². The Morgan fingerprint density at radius 1 is 1.43 bits per heavy atom. The van der Waals surface area contributed by atoms with Crippen LogP contribution in [0.5, 0.6) is 0 Å². The second kappa shape index (κ2) is 4.28. The van der Waals surface area contributed by atoms with Crippen LogP contribution in [0.15, 0.2) is 12.4 Å². The summed E-state index contributed by atoms with van der Waals surface area (Å²) < 4.78 is 1.98. The van der Waals surface area contributed by atoms with E-state index in [9.17, 15) is 0 Å². The number of nitrogens with zero attached hydrogens (tertiary/aromatic N) is 3. The highest BCUT2D eigenvalue weighted by atomic mass is 15.1. The SMILES string of the molecule is N#CCn1ccnc1C1CCCCC1. The lowest BCUT2D eigenvalue weighted by Gasteiger charge is -2.21. The molecular weight excluding hydrogens is 174 g/mol. The van der Waals surface area contributed by atoms with Crippen LogP contribution in [-0.2, 0) is 6.54 Å². The first-order valence-electron chi connectivity index (χ1n) is 5.30. The van der Waals surface area contributed by atoms with Crippen molar-refractivity contribution in [2.24, 2.45) is 0 Å². The van der Waals surface area contributed by atoms with Crippen molar-refractivity contribution in [1.82, 2.24) is 9.55 Å². The molecule has 1 aromatic rings. The van der Waals surface area contributed by atoms with Crippen LogP contribution in [0.3, 0.4) is 0 Å². The summed E-state index contributed by atoms with van der Waals surface area (Å²) in [6.45, 7) is 0.436. The van der Waals surface area contributed by atoms with Gasteiger partial charge in [-0.15, -0.1) is 0 Å². The van der Waals surface area contributed by atoms with E-state index in [4.69, 9.17) is 5.26 Å². The maximum atomic E-state index is 8.66. The molecule has 1 aliphatic rings. The lowest BCUT2D eigenvalue weighted by atomic mass is 9.88. The summed E-state index contributed by atoms with van der Waals surface area (Å²) in [5.74, 6) is 1.71. The zero-order valence-corrected chi connectivity index (χ0v) is 8.32. The van der Waals surface area contributed by atoms with Gasteiger partial charge in [0.1, 0.15) is 12.4 Å². The third kappa shape index (κ3) is 1.79. The van der Waals surface area contributed by atoms with Gasteiger partial charge in [-0.25, -0.2) is 4.98 Å². The van der Waals surface area contributed by atoms with E-state index in [0.29, 0.717) is 12.5 Å². The zero-order chi connectivity index (χ0) is 9.80. The van der Waals surface area contributed by atoms with E-state index in [1.165, 1.54) is 32.1 Å². The monoisotopic (exact) mass is 189 g/mol. The van der Waals surface area contributed by atoms with Gasteiger partial charge in [0, 0.05) is 18.3 Å². The predicted molar refractivity (Wildman–Crippen MR) is 53.7 cm³/mol. The maximum Gasteiger partial charge on any atom is 0.112 e. The number of hydrogen-bond donors (Lipinski definition) is 0. The molecule has 1 aromatic heterocycles. The van der Waals surface area contributed by atoms with Gasteiger partial charge in [-0.2, -0.15) is 5.26 Å². The molecule has 0 aromatic carbocycles. The average molecular weight is 189 g/mol. The van der Waals surface area contributed by atoms with E-state index in [0.717, 1.165) is 5.82 Å². The summed E-state index contributed by atoms with van der Waals surface area (Å²) in [6, 6.07) is 2.17. The smallest absolute Gasteiger partial charge is 0.112 e. The Morgan fingerprint density at radius 2 is 2.21 bits per heavy atom. The number of rotatable bonds is 2. The minimum atomic E-state index is 0.436. The van der Waals surface area contributed by atoms with Crippen molar-refractivity contribution in [2.75, 3.05) is 0 Å². The lowest BCUT2D eigenvalue weighted by Crippen LogP contribution is -2.11. The summed E-state index contributed by atoms with van der Waals surface area (Å²) in [7, 11) is 0. The Bertz CT molecular complexity index is 329. The van der Waals surface area contributed by atoms with Gasteiger partial charge in [0.05, 0.1) is 6.07 Å². The molecule has 1 heterocycles. The van der Waals surface area contributed by atoms with E-state index in [-0.39, 0.29) is 0 Å². The summed E-state index contributed by atoms with van der Waals surface area (Å²) in [5.41, 5.74) is 0. The van der Waals surface area contributed by atoms with Gasteiger partial charge in [0.25, 0.3) is 0 Å². The summed E-state index contributed by atoms with van der Waals surface area (Å²) in [4.78, 5) is 4.37. The van der Waals surface area contributed by atoms with Crippen molar-refractivity contribution >= 4 is 0 Å². The Kier molecular flexibility index (Phi) is 2.83. The first kappa shape index (κ1) is 9.26. The van der Waals surface area contributed by atoms with Crippen molar-refractivity contribution in [3.8, 4) is 6.07 Å². The fourth-order valence-electron chi connectivity index (χ4n) is 2.25. The molecule has 0 aliphatic heterocycles. The molecule has 0 amide bonds. The highest BCUT2D eigenvalue weighted by Gasteiger charge is 2.19. The van der Waals surface area contributed by atoms with Gasteiger partial charge in [-0.05, 0) is 12.8 Å². The molecular formula is C11H15N3. The maximum absolute atomic E-state index is 8.66. The number of imidazole rings is 1. The van der Waals surface area contributed by atoms with Crippen molar-refractivity contribution < 1.29 is 0 Å². The number of nitriles is 1. The van der Waals surface area contributed by atoms with Gasteiger partial charge in [0.15, 0.2) is 0 Å². The molecule has 0 bridgehead atoms. The van der Waals surface area contributed by atoms with Crippen molar-refractivity contribution in [3.05, 3.63) is 18.2 Å². The van der Waals surface area contributed by atoms with Gasteiger partial charge in [-0.3, -0.25) is 0 Å². The Hall–Kier alpha value is -1.30. The Balaban J connectivity index is 2.13. The van der Waals surface area contributed by atoms with E-state index in [1.54, 1.807) is 6.20 Å². The topological polar surface area (TPSA) is 41.6 Å². The number of aromatic nitrogens is 2. The number of hydrogen-bond acceptors (Lipinski definition) is 2. The molecule has 0 unspecified atom stereocenters. The van der Waals surface area contributed by atoms with Crippen LogP contribution in [0.25, 0.3) is 0 Å². The molecule has 3 nitrogen and oxygen atoms in total. The zero-order valence-electron chi connectivity index (χ0n) is 8.32. The molecule has 1 fully saturated rings. The van der Waals surface area contributed by atoms with Gasteiger partial charge in [-0.1, -0.05) is 19.3 Å². The van der Waals surface area contributed by atoms with Crippen LogP contribution in [0.2, 0.25) is 0 Å². The third-order valence-corrected chi connectivity index (χ3v) is 2.96. The normalized spacial score (nSPS) is 17.9. The summed E-state index contributed by atoms with van der Waals surface area (Å²) in [6.07, 6.45) is 10.2. The lowest BCUT2D eigenvalue weighted by molar-refractivity contribution is 0.419. The molecule has 0 radical (unpaired) electrons. The first-order chi connectivity index (χ1) is 6.92. The van der Waals surface area contributed by atoms with Crippen LogP contribution in [0.1, 0.15) is 43.8 Å². The molecule has 0 atom stereocenters. The first-order valence-corrected chi connectivity index (χ1v) is 5.30. The third-order valence-electron chi connectivity index (χ3n) is 2.96. The molecule has 2 rings (SSSR count). The quantitative estimate of drug-likeness (QED) is 0.717. The average Bonchev–Trinajstić information content (AvgIpc) is 2.68. The van der Waals surface area contributed by atoms with Crippen LogP contribution in [-0.4, -0.2) is 9.55 Å². The van der Waals surface area contributed by atoms with Crippen LogP contribution < -0.4 is 0 Å². The molecule has 14 heavy (non-hydrogen) atoms. The second-order valence-corrected chi connectivity index (χ2v) is 3.91. The molecule has 0 N–H and O–H groups in total. The van der Waals surface area contributed by atoms with E-state index >= 15 is 0 Å². The minimum absolute atomic E-state index is 0.436. The molecule has 0 saturated heterocycles. The highest BCUT2D eigenvalue weighted by Crippen LogP contribution is 2.31. The van der Waals surface area contributed by atoms with Crippen LogP contribution >= 0.6 is 0 Å². The fourth-order valence-corrected chi connectivity index (χ4v) is 2.25. The minimum Gasteiger partial charge on any atom is -0.321 e. The molecule has 1 saturated carbocycles. The van der Waals surface area contributed by atoms with E-state index in [1.807, 2.05) is 10.8 Å². The summed E-state index contributed by atoms with van der Waals surface area (Å²) in [5, 5.41) is 8.66. The van der Waals surface area contributed by atoms with Crippen molar-refractivity contribution in [3.63, 3.8) is 0 Å². The van der Waals surface area contributed by atoms with Crippen LogP contribution in [0, 0.1) is 11.3 Å². The Labute approximate surface area is 84.4 Å². The van der Waals surface area contributed by atoms with E-state index in [2.05, 4.69) is 11.1 Å².